The summed E-state index contributed by atoms with van der Waals surface area (Å²) in [4.78, 5) is 30.5. The van der Waals surface area contributed by atoms with Crippen molar-refractivity contribution in [3.63, 3.8) is 0 Å². The topological polar surface area (TPSA) is 81.3 Å². The molecule has 0 aliphatic rings. The minimum Gasteiger partial charge on any atom is -0.493 e. The lowest BCUT2D eigenvalue weighted by Crippen LogP contribution is -2.09. The van der Waals surface area contributed by atoms with Crippen LogP contribution in [0.3, 0.4) is 0 Å². The van der Waals surface area contributed by atoms with Crippen LogP contribution in [-0.2, 0) is 4.79 Å². The molecule has 23 heavy (non-hydrogen) atoms. The summed E-state index contributed by atoms with van der Waals surface area (Å²) in [6, 6.07) is 12.1. The number of hydrogen-bond acceptors (Lipinski definition) is 5. The average Bonchev–Trinajstić information content (AvgIpc) is 2.54. The first-order valence-corrected chi connectivity index (χ1v) is 6.94. The number of hydrogen-bond donors (Lipinski definition) is 1. The van der Waals surface area contributed by atoms with Gasteiger partial charge in [-0.3, -0.25) is 9.59 Å². The minimum atomic E-state index is -0.458. The monoisotopic (exact) mass is 310 g/mol. The van der Waals surface area contributed by atoms with Gasteiger partial charge in [-0.2, -0.15) is 0 Å². The summed E-state index contributed by atoms with van der Waals surface area (Å²) in [6.07, 6.45) is 0. The van der Waals surface area contributed by atoms with E-state index in [0.29, 0.717) is 28.0 Å². The van der Waals surface area contributed by atoms with E-state index in [1.54, 1.807) is 36.4 Å². The molecule has 3 rings (SSSR count). The fourth-order valence-electron chi connectivity index (χ4n) is 2.28. The number of benzene rings is 2. The molecule has 6 heteroatoms. The first-order chi connectivity index (χ1) is 11.1. The maximum absolute atomic E-state index is 12.2. The molecule has 0 spiro atoms. The van der Waals surface area contributed by atoms with Gasteiger partial charge in [-0.1, -0.05) is 12.1 Å². The Morgan fingerprint density at radius 3 is 2.65 bits per heavy atom. The van der Waals surface area contributed by atoms with Crippen LogP contribution in [0.5, 0.6) is 11.5 Å². The highest BCUT2D eigenvalue weighted by Crippen LogP contribution is 2.31. The van der Waals surface area contributed by atoms with Gasteiger partial charge in [-0.25, -0.2) is 4.98 Å². The molecule has 1 aromatic heterocycles. The van der Waals surface area contributed by atoms with Gasteiger partial charge in [-0.15, -0.1) is 0 Å². The highest BCUT2D eigenvalue weighted by atomic mass is 16.6. The summed E-state index contributed by atoms with van der Waals surface area (Å²) in [6.45, 7) is 1.31. The van der Waals surface area contributed by atoms with Crippen molar-refractivity contribution < 1.29 is 14.3 Å². The molecule has 0 saturated heterocycles. The number of esters is 1. The summed E-state index contributed by atoms with van der Waals surface area (Å²) in [5.74, 6) is 0.630. The number of H-pyrrole nitrogens is 1. The van der Waals surface area contributed by atoms with Crippen LogP contribution >= 0.6 is 0 Å². The van der Waals surface area contributed by atoms with Gasteiger partial charge in [0.1, 0.15) is 5.82 Å². The zero-order valence-electron chi connectivity index (χ0n) is 12.6. The van der Waals surface area contributed by atoms with E-state index in [1.807, 2.05) is 6.07 Å². The van der Waals surface area contributed by atoms with E-state index < -0.39 is 5.97 Å². The number of carbonyl (C=O) groups is 1. The Labute approximate surface area is 131 Å². The molecule has 1 heterocycles. The molecule has 0 aliphatic carbocycles. The Bertz CT molecular complexity index is 947. The van der Waals surface area contributed by atoms with Crippen LogP contribution in [0.4, 0.5) is 0 Å². The van der Waals surface area contributed by atoms with Crippen LogP contribution in [-0.4, -0.2) is 23.0 Å². The lowest BCUT2D eigenvalue weighted by Gasteiger charge is -2.10. The molecule has 2 aromatic carbocycles. The second-order valence-corrected chi connectivity index (χ2v) is 4.89. The van der Waals surface area contributed by atoms with Gasteiger partial charge in [0.2, 0.25) is 0 Å². The van der Waals surface area contributed by atoms with Crippen molar-refractivity contribution in [3.05, 3.63) is 52.8 Å². The first kappa shape index (κ1) is 14.8. The number of nitrogens with one attached hydrogen (secondary N) is 1. The third-order valence-electron chi connectivity index (χ3n) is 3.30. The van der Waals surface area contributed by atoms with Gasteiger partial charge in [0.25, 0.3) is 5.56 Å². The van der Waals surface area contributed by atoms with E-state index in [1.165, 1.54) is 14.0 Å². The third-order valence-corrected chi connectivity index (χ3v) is 3.30. The van der Waals surface area contributed by atoms with Crippen LogP contribution in [0.1, 0.15) is 6.92 Å². The molecule has 1 N–H and O–H groups in total. The Kier molecular flexibility index (Phi) is 3.80. The largest absolute Gasteiger partial charge is 0.493 e. The molecule has 116 valence electrons. The van der Waals surface area contributed by atoms with Crippen LogP contribution in [0, 0.1) is 0 Å². The van der Waals surface area contributed by atoms with E-state index in [2.05, 4.69) is 9.97 Å². The number of rotatable bonds is 3. The summed E-state index contributed by atoms with van der Waals surface area (Å²) >= 11 is 0. The molecular formula is C17H14N2O4. The van der Waals surface area contributed by atoms with Crippen molar-refractivity contribution in [2.24, 2.45) is 0 Å². The van der Waals surface area contributed by atoms with Crippen molar-refractivity contribution in [2.45, 2.75) is 6.92 Å². The predicted octanol–water partition coefficient (Wildman–Crippen LogP) is 2.52. The lowest BCUT2D eigenvalue weighted by atomic mass is 10.1. The lowest BCUT2D eigenvalue weighted by molar-refractivity contribution is -0.132. The van der Waals surface area contributed by atoms with E-state index in [-0.39, 0.29) is 11.3 Å². The molecule has 0 radical (unpaired) electrons. The molecule has 3 aromatic rings. The molecule has 0 fully saturated rings. The van der Waals surface area contributed by atoms with Gasteiger partial charge in [0.05, 0.1) is 18.0 Å². The second kappa shape index (κ2) is 5.92. The van der Waals surface area contributed by atoms with E-state index in [9.17, 15) is 9.59 Å². The van der Waals surface area contributed by atoms with Gasteiger partial charge >= 0.3 is 5.97 Å². The second-order valence-electron chi connectivity index (χ2n) is 4.89. The number of methoxy groups -OCH3 is 1. The van der Waals surface area contributed by atoms with Crippen LogP contribution in [0.2, 0.25) is 0 Å². The van der Waals surface area contributed by atoms with E-state index in [4.69, 9.17) is 9.47 Å². The Balaban J connectivity index is 2.15. The van der Waals surface area contributed by atoms with Crippen LogP contribution in [0.25, 0.3) is 22.3 Å². The number of para-hydroxylation sites is 1. The standard InChI is InChI=1S/C17H14N2O4/c1-10(20)23-15-9-11(7-8-14(15)22-2)16-18-13-6-4-3-5-12(13)17(21)19-16/h3-9H,1-2H3,(H,18,19,21). The van der Waals surface area contributed by atoms with Gasteiger partial charge < -0.3 is 14.5 Å². The zero-order chi connectivity index (χ0) is 16.4. The highest BCUT2D eigenvalue weighted by molar-refractivity contribution is 5.79. The van der Waals surface area contributed by atoms with Crippen molar-refractivity contribution in [2.75, 3.05) is 7.11 Å². The van der Waals surface area contributed by atoms with Crippen LogP contribution < -0.4 is 15.0 Å². The quantitative estimate of drug-likeness (QED) is 0.594. The summed E-state index contributed by atoms with van der Waals surface area (Å²) < 4.78 is 10.3. The SMILES string of the molecule is COc1ccc(-c2nc3ccccc3c(=O)[nH]2)cc1OC(C)=O. The number of nitrogens with zero attached hydrogens (tertiary/aromatic N) is 1. The molecule has 0 unspecified atom stereocenters. The summed E-state index contributed by atoms with van der Waals surface area (Å²) in [7, 11) is 1.48. The van der Waals surface area contributed by atoms with E-state index >= 15 is 0 Å². The highest BCUT2D eigenvalue weighted by Gasteiger charge is 2.11. The average molecular weight is 310 g/mol. The maximum Gasteiger partial charge on any atom is 0.308 e. The van der Waals surface area contributed by atoms with Gasteiger partial charge in [0, 0.05) is 12.5 Å². The van der Waals surface area contributed by atoms with Crippen molar-refractivity contribution in [1.29, 1.82) is 0 Å². The van der Waals surface area contributed by atoms with Gasteiger partial charge in [0.15, 0.2) is 11.5 Å². The molecule has 0 aliphatic heterocycles. The smallest absolute Gasteiger partial charge is 0.308 e. The minimum absolute atomic E-state index is 0.226. The summed E-state index contributed by atoms with van der Waals surface area (Å²) in [5.41, 5.74) is 0.983. The molecule has 0 bridgehead atoms. The third kappa shape index (κ3) is 2.91. The number of aromatic amines is 1. The number of ether oxygens (including phenoxy) is 2. The normalized spacial score (nSPS) is 10.5. The van der Waals surface area contributed by atoms with E-state index in [0.717, 1.165) is 0 Å². The first-order valence-electron chi connectivity index (χ1n) is 6.94. The molecule has 0 saturated carbocycles. The molecule has 6 nitrogen and oxygen atoms in total. The molecule has 0 atom stereocenters. The van der Waals surface area contributed by atoms with Crippen molar-refractivity contribution in [1.82, 2.24) is 9.97 Å². The zero-order valence-corrected chi connectivity index (χ0v) is 12.6. The predicted molar refractivity (Wildman–Crippen MR) is 85.7 cm³/mol. The summed E-state index contributed by atoms with van der Waals surface area (Å²) in [5, 5.41) is 0.518. The fourth-order valence-corrected chi connectivity index (χ4v) is 2.28. The number of fused-ring (bicyclic) bond motifs is 1. The number of aromatic nitrogens is 2. The van der Waals surface area contributed by atoms with Crippen molar-refractivity contribution in [3.8, 4) is 22.9 Å². The molecule has 0 amide bonds. The Morgan fingerprint density at radius 1 is 1.13 bits per heavy atom. The molecular weight excluding hydrogens is 296 g/mol. The Hall–Kier alpha value is -3.15. The maximum atomic E-state index is 12.2. The fraction of sp³-hybridized carbons (Fsp3) is 0.118. The van der Waals surface area contributed by atoms with Gasteiger partial charge in [-0.05, 0) is 30.3 Å². The van der Waals surface area contributed by atoms with Crippen LogP contribution in [0.15, 0.2) is 47.3 Å². The Morgan fingerprint density at radius 2 is 1.91 bits per heavy atom. The van der Waals surface area contributed by atoms with Crippen molar-refractivity contribution >= 4 is 16.9 Å². The number of carbonyl (C=O) groups excluding carboxylic acids is 1.